The maximum Gasteiger partial charge on any atom is 0.199 e. The Hall–Kier alpha value is -2.16. The summed E-state index contributed by atoms with van der Waals surface area (Å²) >= 11 is 9.68. The molecule has 1 aliphatic carbocycles. The minimum Gasteiger partial charge on any atom is -0.494 e. The fourth-order valence-electron chi connectivity index (χ4n) is 5.32. The normalized spacial score (nSPS) is 22.1. The van der Waals surface area contributed by atoms with Gasteiger partial charge in [0.05, 0.1) is 16.6 Å². The van der Waals surface area contributed by atoms with Gasteiger partial charge in [0, 0.05) is 38.3 Å². The Morgan fingerprint density at radius 2 is 1.83 bits per heavy atom. The van der Waals surface area contributed by atoms with E-state index in [-0.39, 0.29) is 28.9 Å². The van der Waals surface area contributed by atoms with E-state index in [2.05, 4.69) is 49.7 Å². The number of benzene rings is 2. The molecule has 0 spiro atoms. The minimum atomic E-state index is -0.242. The van der Waals surface area contributed by atoms with Crippen LogP contribution in [0.5, 0.6) is 11.6 Å². The van der Waals surface area contributed by atoms with Crippen LogP contribution in [-0.4, -0.2) is 15.8 Å². The number of hydrogen-bond acceptors (Lipinski definition) is 3. The third-order valence-corrected chi connectivity index (χ3v) is 6.94. The Kier molecular flexibility index (Phi) is 4.64. The largest absolute Gasteiger partial charge is 0.494 e. The van der Waals surface area contributed by atoms with Gasteiger partial charge in [-0.25, -0.2) is 0 Å². The molecule has 1 fully saturated rings. The lowest BCUT2D eigenvalue weighted by Crippen LogP contribution is -2.66. The molecule has 6 heteroatoms. The standard InChI is InChI=1S/C23H22BrClN2O2/c1-22(2)20(27-12-14-9-15(24)6-8-17(14)19(27)28)23(3,4)21(22)29-16-7-5-13(11-26)18(25)10-16/h5-10,12,20-21,28H,1-4H3/t20-,21-. The Labute approximate surface area is 183 Å². The average molecular weight is 474 g/mol. The Balaban J connectivity index is 1.69. The topological polar surface area (TPSA) is 58.2 Å². The predicted molar refractivity (Wildman–Crippen MR) is 118 cm³/mol. The molecule has 0 unspecified atom stereocenters. The first kappa shape index (κ1) is 20.1. The summed E-state index contributed by atoms with van der Waals surface area (Å²) in [7, 11) is 0. The van der Waals surface area contributed by atoms with Gasteiger partial charge in [-0.05, 0) is 30.3 Å². The van der Waals surface area contributed by atoms with Crippen LogP contribution in [-0.2, 0) is 0 Å². The van der Waals surface area contributed by atoms with Crippen LogP contribution in [0.4, 0.5) is 0 Å². The van der Waals surface area contributed by atoms with Gasteiger partial charge in [-0.2, -0.15) is 5.26 Å². The van der Waals surface area contributed by atoms with Crippen molar-refractivity contribution in [3.05, 3.63) is 57.7 Å². The van der Waals surface area contributed by atoms with Crippen LogP contribution < -0.4 is 4.74 Å². The van der Waals surface area contributed by atoms with Gasteiger partial charge in [-0.1, -0.05) is 55.2 Å². The van der Waals surface area contributed by atoms with Gasteiger partial charge in [0.1, 0.15) is 17.9 Å². The zero-order valence-electron chi connectivity index (χ0n) is 16.7. The SMILES string of the molecule is CC1(C)[C@H](Oc2ccc(C#N)c(Cl)c2)C(C)(C)[C@H]1n1cc2cc(Br)ccc2c1O. The molecule has 29 heavy (non-hydrogen) atoms. The smallest absolute Gasteiger partial charge is 0.199 e. The van der Waals surface area contributed by atoms with Crippen molar-refractivity contribution >= 4 is 38.3 Å². The summed E-state index contributed by atoms with van der Waals surface area (Å²) in [6, 6.07) is 13.1. The van der Waals surface area contributed by atoms with Crippen LogP contribution in [0.3, 0.4) is 0 Å². The molecule has 150 valence electrons. The molecule has 0 saturated heterocycles. The van der Waals surface area contributed by atoms with E-state index in [4.69, 9.17) is 21.6 Å². The second-order valence-electron chi connectivity index (χ2n) is 8.89. The van der Waals surface area contributed by atoms with Crippen molar-refractivity contribution in [1.82, 2.24) is 4.57 Å². The summed E-state index contributed by atoms with van der Waals surface area (Å²) < 4.78 is 9.30. The van der Waals surface area contributed by atoms with Crippen molar-refractivity contribution in [2.75, 3.05) is 0 Å². The molecule has 1 N–H and O–H groups in total. The van der Waals surface area contributed by atoms with E-state index in [1.54, 1.807) is 18.2 Å². The van der Waals surface area contributed by atoms with Gasteiger partial charge in [0.15, 0.2) is 5.88 Å². The predicted octanol–water partition coefficient (Wildman–Crippen LogP) is 6.69. The first-order valence-electron chi connectivity index (χ1n) is 9.42. The van der Waals surface area contributed by atoms with Crippen LogP contribution >= 0.6 is 27.5 Å². The fraction of sp³-hybridized carbons (Fsp3) is 0.348. The first-order valence-corrected chi connectivity index (χ1v) is 10.6. The van der Waals surface area contributed by atoms with Crippen LogP contribution in [0.2, 0.25) is 5.02 Å². The van der Waals surface area contributed by atoms with Crippen molar-refractivity contribution in [2.45, 2.75) is 39.8 Å². The van der Waals surface area contributed by atoms with E-state index in [0.717, 1.165) is 15.2 Å². The number of aromatic hydroxyl groups is 1. The van der Waals surface area contributed by atoms with E-state index in [1.807, 2.05) is 29.0 Å². The molecule has 1 heterocycles. The van der Waals surface area contributed by atoms with Crippen LogP contribution in [0, 0.1) is 22.2 Å². The third kappa shape index (κ3) is 3.01. The van der Waals surface area contributed by atoms with Crippen molar-refractivity contribution in [3.8, 4) is 17.7 Å². The Morgan fingerprint density at radius 3 is 2.45 bits per heavy atom. The van der Waals surface area contributed by atoms with Gasteiger partial charge >= 0.3 is 0 Å². The fourth-order valence-corrected chi connectivity index (χ4v) is 5.91. The number of fused-ring (bicyclic) bond motifs is 1. The summed E-state index contributed by atoms with van der Waals surface area (Å²) in [4.78, 5) is 0. The van der Waals surface area contributed by atoms with Gasteiger partial charge < -0.3 is 14.4 Å². The molecule has 4 nitrogen and oxygen atoms in total. The van der Waals surface area contributed by atoms with Crippen molar-refractivity contribution in [2.24, 2.45) is 10.8 Å². The summed E-state index contributed by atoms with van der Waals surface area (Å²) in [5.74, 6) is 0.919. The number of rotatable bonds is 3. The van der Waals surface area contributed by atoms with Gasteiger partial charge in [0.2, 0.25) is 0 Å². The van der Waals surface area contributed by atoms with Crippen molar-refractivity contribution < 1.29 is 9.84 Å². The molecule has 0 amide bonds. The Bertz CT molecular complexity index is 1140. The monoisotopic (exact) mass is 472 g/mol. The maximum atomic E-state index is 10.9. The number of nitriles is 1. The summed E-state index contributed by atoms with van der Waals surface area (Å²) in [5.41, 5.74) is -0.0551. The third-order valence-electron chi connectivity index (χ3n) is 6.13. The molecule has 0 aliphatic heterocycles. The lowest BCUT2D eigenvalue weighted by atomic mass is 9.49. The first-order chi connectivity index (χ1) is 13.6. The van der Waals surface area contributed by atoms with Crippen molar-refractivity contribution in [3.63, 3.8) is 0 Å². The summed E-state index contributed by atoms with van der Waals surface area (Å²) in [6.07, 6.45) is 1.92. The molecular formula is C23H22BrClN2O2. The van der Waals surface area contributed by atoms with E-state index in [9.17, 15) is 5.11 Å². The second-order valence-corrected chi connectivity index (χ2v) is 10.2. The molecular weight excluding hydrogens is 452 g/mol. The quantitative estimate of drug-likeness (QED) is 0.461. The number of halogens is 2. The van der Waals surface area contributed by atoms with E-state index in [1.165, 1.54) is 0 Å². The molecule has 1 aromatic heterocycles. The van der Waals surface area contributed by atoms with E-state index in [0.29, 0.717) is 16.3 Å². The maximum absolute atomic E-state index is 10.9. The van der Waals surface area contributed by atoms with Crippen LogP contribution in [0.25, 0.3) is 10.8 Å². The van der Waals surface area contributed by atoms with Crippen LogP contribution in [0.15, 0.2) is 47.1 Å². The Morgan fingerprint density at radius 1 is 1.14 bits per heavy atom. The van der Waals surface area contributed by atoms with Gasteiger partial charge in [-0.15, -0.1) is 0 Å². The molecule has 3 aromatic rings. The highest BCUT2D eigenvalue weighted by Crippen LogP contribution is 2.64. The van der Waals surface area contributed by atoms with Gasteiger partial charge in [-0.3, -0.25) is 0 Å². The summed E-state index contributed by atoms with van der Waals surface area (Å²) in [6.45, 7) is 8.61. The van der Waals surface area contributed by atoms with E-state index < -0.39 is 0 Å². The highest BCUT2D eigenvalue weighted by Gasteiger charge is 2.64. The minimum absolute atomic E-state index is 0.0417. The number of aromatic nitrogens is 1. The lowest BCUT2D eigenvalue weighted by molar-refractivity contribution is -0.188. The highest BCUT2D eigenvalue weighted by molar-refractivity contribution is 9.10. The molecule has 0 radical (unpaired) electrons. The zero-order chi connectivity index (χ0) is 21.1. The number of hydrogen-bond donors (Lipinski definition) is 1. The molecule has 0 atom stereocenters. The summed E-state index contributed by atoms with van der Waals surface area (Å²) in [5, 5.41) is 22.2. The van der Waals surface area contributed by atoms with Gasteiger partial charge in [0.25, 0.3) is 0 Å². The van der Waals surface area contributed by atoms with Crippen molar-refractivity contribution in [1.29, 1.82) is 5.26 Å². The molecule has 0 bridgehead atoms. The number of nitrogens with zero attached hydrogens (tertiary/aromatic N) is 2. The van der Waals surface area contributed by atoms with Crippen LogP contribution in [0.1, 0.15) is 39.3 Å². The number of ether oxygens (including phenoxy) is 1. The zero-order valence-corrected chi connectivity index (χ0v) is 19.0. The highest BCUT2D eigenvalue weighted by atomic mass is 79.9. The lowest BCUT2D eigenvalue weighted by Gasteiger charge is -2.63. The molecule has 2 aromatic carbocycles. The molecule has 1 saturated carbocycles. The van der Waals surface area contributed by atoms with E-state index >= 15 is 0 Å². The second kappa shape index (κ2) is 6.68. The molecule has 4 rings (SSSR count). The molecule has 1 aliphatic rings. The average Bonchev–Trinajstić information content (AvgIpc) is 2.94.